The molecule has 18 heavy (non-hydrogen) atoms. The van der Waals surface area contributed by atoms with E-state index in [1.54, 1.807) is 13.2 Å². The lowest BCUT2D eigenvalue weighted by atomic mass is 10.2. The summed E-state index contributed by atoms with van der Waals surface area (Å²) in [6.07, 6.45) is 3.21. The van der Waals surface area contributed by atoms with E-state index in [1.807, 2.05) is 6.07 Å². The molecule has 4 heteroatoms. The highest BCUT2D eigenvalue weighted by Gasteiger charge is 2.21. The van der Waals surface area contributed by atoms with Crippen LogP contribution in [0.4, 0.5) is 4.39 Å². The Labute approximate surface area is 107 Å². The van der Waals surface area contributed by atoms with Crippen LogP contribution < -0.4 is 10.1 Å². The normalized spacial score (nSPS) is 14.8. The molecule has 0 amide bonds. The summed E-state index contributed by atoms with van der Waals surface area (Å²) < 4.78 is 24.2. The lowest BCUT2D eigenvalue weighted by Crippen LogP contribution is -2.16. The molecule has 0 radical (unpaired) electrons. The molecule has 1 fully saturated rings. The van der Waals surface area contributed by atoms with Crippen molar-refractivity contribution in [3.05, 3.63) is 29.6 Å². The standard InChI is InChI=1S/C14H20FNO2/c1-17-8-3-9-18-14-11(4-2-5-13(14)15)10-16-12-6-7-12/h2,4-5,12,16H,3,6-10H2,1H3. The molecule has 0 saturated heterocycles. The summed E-state index contributed by atoms with van der Waals surface area (Å²) in [5.74, 6) is 0.0873. The fourth-order valence-electron chi connectivity index (χ4n) is 1.77. The Morgan fingerprint density at radius 3 is 2.89 bits per heavy atom. The first-order chi connectivity index (χ1) is 8.81. The maximum Gasteiger partial charge on any atom is 0.165 e. The molecule has 3 nitrogen and oxygen atoms in total. The molecule has 2 rings (SSSR count). The van der Waals surface area contributed by atoms with Gasteiger partial charge in [0.2, 0.25) is 0 Å². The van der Waals surface area contributed by atoms with Gasteiger partial charge in [0.25, 0.3) is 0 Å². The second-order valence-corrected chi connectivity index (χ2v) is 4.58. The molecule has 1 aliphatic rings. The van der Waals surface area contributed by atoms with E-state index >= 15 is 0 Å². The van der Waals surface area contributed by atoms with Crippen molar-refractivity contribution in [3.8, 4) is 5.75 Å². The Hall–Kier alpha value is -1.13. The minimum absolute atomic E-state index is 0.289. The minimum atomic E-state index is -0.289. The van der Waals surface area contributed by atoms with Gasteiger partial charge in [-0.1, -0.05) is 12.1 Å². The third-order valence-electron chi connectivity index (χ3n) is 2.95. The number of hydrogen-bond donors (Lipinski definition) is 1. The third kappa shape index (κ3) is 3.96. The highest BCUT2D eigenvalue weighted by molar-refractivity contribution is 5.35. The Bertz CT molecular complexity index is 380. The van der Waals surface area contributed by atoms with Crippen molar-refractivity contribution in [2.24, 2.45) is 0 Å². The van der Waals surface area contributed by atoms with Crippen LogP contribution in [0, 0.1) is 5.82 Å². The second-order valence-electron chi connectivity index (χ2n) is 4.58. The fourth-order valence-corrected chi connectivity index (χ4v) is 1.77. The van der Waals surface area contributed by atoms with E-state index in [0.717, 1.165) is 12.0 Å². The van der Waals surface area contributed by atoms with Crippen LogP contribution in [0.1, 0.15) is 24.8 Å². The molecule has 0 spiro atoms. The SMILES string of the molecule is COCCCOc1c(F)cccc1CNC1CC1. The van der Waals surface area contributed by atoms with Crippen molar-refractivity contribution >= 4 is 0 Å². The molecule has 1 saturated carbocycles. The molecule has 0 aromatic heterocycles. The Morgan fingerprint density at radius 1 is 1.33 bits per heavy atom. The van der Waals surface area contributed by atoms with Crippen molar-refractivity contribution in [1.82, 2.24) is 5.32 Å². The van der Waals surface area contributed by atoms with Crippen LogP contribution in [-0.4, -0.2) is 26.4 Å². The first-order valence-electron chi connectivity index (χ1n) is 6.44. The van der Waals surface area contributed by atoms with Gasteiger partial charge in [-0.3, -0.25) is 0 Å². The topological polar surface area (TPSA) is 30.5 Å². The van der Waals surface area contributed by atoms with E-state index in [1.165, 1.54) is 18.9 Å². The van der Waals surface area contributed by atoms with Gasteiger partial charge in [-0.15, -0.1) is 0 Å². The van der Waals surface area contributed by atoms with Gasteiger partial charge in [-0.25, -0.2) is 4.39 Å². The Morgan fingerprint density at radius 2 is 2.17 bits per heavy atom. The van der Waals surface area contributed by atoms with Gasteiger partial charge in [0, 0.05) is 38.3 Å². The van der Waals surface area contributed by atoms with Crippen molar-refractivity contribution in [2.75, 3.05) is 20.3 Å². The summed E-state index contributed by atoms with van der Waals surface area (Å²) in [5.41, 5.74) is 0.888. The number of ether oxygens (including phenoxy) is 2. The second kappa shape index (κ2) is 6.71. The average molecular weight is 253 g/mol. The largest absolute Gasteiger partial charge is 0.490 e. The van der Waals surface area contributed by atoms with Crippen LogP contribution in [0.5, 0.6) is 5.75 Å². The van der Waals surface area contributed by atoms with Crippen LogP contribution in [0.2, 0.25) is 0 Å². The number of rotatable bonds is 8. The molecule has 0 bridgehead atoms. The van der Waals surface area contributed by atoms with E-state index in [-0.39, 0.29) is 5.82 Å². The summed E-state index contributed by atoms with van der Waals surface area (Å²) in [7, 11) is 1.65. The van der Waals surface area contributed by atoms with E-state index in [9.17, 15) is 4.39 Å². The van der Waals surface area contributed by atoms with Crippen molar-refractivity contribution < 1.29 is 13.9 Å². The molecule has 1 aromatic rings. The Balaban J connectivity index is 1.91. The van der Waals surface area contributed by atoms with E-state index < -0.39 is 0 Å². The minimum Gasteiger partial charge on any atom is -0.490 e. The summed E-state index contributed by atoms with van der Waals surface area (Å²) in [6, 6.07) is 5.67. The molecule has 1 aliphatic carbocycles. The van der Waals surface area contributed by atoms with Gasteiger partial charge in [0.05, 0.1) is 6.61 Å². The lowest BCUT2D eigenvalue weighted by molar-refractivity contribution is 0.170. The van der Waals surface area contributed by atoms with Crippen LogP contribution in [0.25, 0.3) is 0 Å². The molecule has 0 atom stereocenters. The quantitative estimate of drug-likeness (QED) is 0.722. The van der Waals surface area contributed by atoms with E-state index in [0.29, 0.717) is 31.5 Å². The molecule has 1 aromatic carbocycles. The molecule has 0 unspecified atom stereocenters. The number of methoxy groups -OCH3 is 1. The highest BCUT2D eigenvalue weighted by atomic mass is 19.1. The van der Waals surface area contributed by atoms with E-state index in [2.05, 4.69) is 5.32 Å². The maximum absolute atomic E-state index is 13.7. The summed E-state index contributed by atoms with van der Waals surface area (Å²) in [4.78, 5) is 0. The monoisotopic (exact) mass is 253 g/mol. The zero-order chi connectivity index (χ0) is 12.8. The summed E-state index contributed by atoms with van der Waals surface area (Å²) >= 11 is 0. The smallest absolute Gasteiger partial charge is 0.165 e. The first-order valence-corrected chi connectivity index (χ1v) is 6.44. The zero-order valence-electron chi connectivity index (χ0n) is 10.7. The van der Waals surface area contributed by atoms with Gasteiger partial charge in [0.1, 0.15) is 0 Å². The maximum atomic E-state index is 13.7. The number of nitrogens with one attached hydrogen (secondary N) is 1. The molecule has 1 N–H and O–H groups in total. The molecular weight excluding hydrogens is 233 g/mol. The van der Waals surface area contributed by atoms with Crippen LogP contribution in [-0.2, 0) is 11.3 Å². The summed E-state index contributed by atoms with van der Waals surface area (Å²) in [6.45, 7) is 1.78. The van der Waals surface area contributed by atoms with Crippen molar-refractivity contribution in [1.29, 1.82) is 0 Å². The molecule has 100 valence electrons. The number of halogens is 1. The predicted octanol–water partition coefficient (Wildman–Crippen LogP) is 2.49. The van der Waals surface area contributed by atoms with E-state index in [4.69, 9.17) is 9.47 Å². The Kier molecular flexibility index (Phi) is 4.96. The number of benzene rings is 1. The average Bonchev–Trinajstić information content (AvgIpc) is 3.18. The van der Waals surface area contributed by atoms with Crippen LogP contribution in [0.3, 0.4) is 0 Å². The van der Waals surface area contributed by atoms with Gasteiger partial charge in [-0.05, 0) is 18.9 Å². The molecule has 0 heterocycles. The van der Waals surface area contributed by atoms with Gasteiger partial charge < -0.3 is 14.8 Å². The predicted molar refractivity (Wildman–Crippen MR) is 68.2 cm³/mol. The molecular formula is C14H20FNO2. The highest BCUT2D eigenvalue weighted by Crippen LogP contribution is 2.25. The fraction of sp³-hybridized carbons (Fsp3) is 0.571. The zero-order valence-corrected chi connectivity index (χ0v) is 10.7. The third-order valence-corrected chi connectivity index (χ3v) is 2.95. The molecule has 0 aliphatic heterocycles. The summed E-state index contributed by atoms with van der Waals surface area (Å²) in [5, 5.41) is 3.37. The van der Waals surface area contributed by atoms with Crippen molar-refractivity contribution in [3.63, 3.8) is 0 Å². The number of para-hydroxylation sites is 1. The number of hydrogen-bond acceptors (Lipinski definition) is 3. The first kappa shape index (κ1) is 13.3. The van der Waals surface area contributed by atoms with Crippen LogP contribution >= 0.6 is 0 Å². The van der Waals surface area contributed by atoms with Crippen LogP contribution in [0.15, 0.2) is 18.2 Å². The van der Waals surface area contributed by atoms with Crippen molar-refractivity contribution in [2.45, 2.75) is 31.8 Å². The van der Waals surface area contributed by atoms with Gasteiger partial charge >= 0.3 is 0 Å². The lowest BCUT2D eigenvalue weighted by Gasteiger charge is -2.12. The van der Waals surface area contributed by atoms with Gasteiger partial charge in [0.15, 0.2) is 11.6 Å². The van der Waals surface area contributed by atoms with Gasteiger partial charge in [-0.2, -0.15) is 0 Å².